The Bertz CT molecular complexity index is 112. The number of nitrogens with one attached hydrogen (secondary N) is 1. The predicted molar refractivity (Wildman–Crippen MR) is 41.8 cm³/mol. The molecule has 0 spiro atoms. The van der Waals surface area contributed by atoms with Gasteiger partial charge in [-0.1, -0.05) is 13.8 Å². The monoisotopic (exact) mass is 143 g/mol. The van der Waals surface area contributed by atoms with Crippen LogP contribution >= 0.6 is 0 Å². The van der Waals surface area contributed by atoms with Gasteiger partial charge in [0.25, 0.3) is 0 Å². The molecule has 1 rings (SSSR count). The molecular formula is C8H17NO. The second kappa shape index (κ2) is 2.89. The molecule has 1 heterocycles. The van der Waals surface area contributed by atoms with Crippen molar-refractivity contribution in [3.8, 4) is 0 Å². The van der Waals surface area contributed by atoms with E-state index in [1.165, 1.54) is 0 Å². The summed E-state index contributed by atoms with van der Waals surface area (Å²) in [6, 6.07) is 0. The minimum Gasteiger partial charge on any atom is -0.396 e. The Morgan fingerprint density at radius 3 is 2.70 bits per heavy atom. The normalized spacial score (nSPS) is 32.1. The van der Waals surface area contributed by atoms with Crippen LogP contribution in [0, 0.1) is 11.3 Å². The molecule has 1 saturated heterocycles. The molecule has 1 aliphatic rings. The summed E-state index contributed by atoms with van der Waals surface area (Å²) in [6.07, 6.45) is 1.11. The van der Waals surface area contributed by atoms with Crippen LogP contribution in [0.25, 0.3) is 0 Å². The molecule has 0 radical (unpaired) electrons. The highest BCUT2D eigenvalue weighted by Gasteiger charge is 2.31. The first-order valence-corrected chi connectivity index (χ1v) is 3.98. The Morgan fingerprint density at radius 2 is 2.30 bits per heavy atom. The van der Waals surface area contributed by atoms with Crippen molar-refractivity contribution in [2.45, 2.75) is 20.3 Å². The van der Waals surface area contributed by atoms with E-state index >= 15 is 0 Å². The third kappa shape index (κ3) is 1.50. The van der Waals surface area contributed by atoms with Crippen molar-refractivity contribution < 1.29 is 5.11 Å². The summed E-state index contributed by atoms with van der Waals surface area (Å²) in [4.78, 5) is 0. The van der Waals surface area contributed by atoms with Crippen LogP contribution in [0.15, 0.2) is 0 Å². The van der Waals surface area contributed by atoms with Gasteiger partial charge in [-0.2, -0.15) is 0 Å². The fourth-order valence-corrected chi connectivity index (χ4v) is 1.56. The Balaban J connectivity index is 2.51. The van der Waals surface area contributed by atoms with Gasteiger partial charge in [0.05, 0.1) is 0 Å². The quantitative estimate of drug-likeness (QED) is 0.564. The largest absolute Gasteiger partial charge is 0.396 e. The van der Waals surface area contributed by atoms with Crippen LogP contribution in [0.2, 0.25) is 0 Å². The number of aliphatic hydroxyl groups is 1. The molecule has 2 nitrogen and oxygen atoms in total. The SMILES string of the molecule is CC1(C)CNCCC1CO. The molecule has 0 aliphatic carbocycles. The lowest BCUT2D eigenvalue weighted by atomic mass is 9.75. The summed E-state index contributed by atoms with van der Waals surface area (Å²) in [5.74, 6) is 0.494. The molecule has 1 fully saturated rings. The van der Waals surface area contributed by atoms with Crippen LogP contribution in [-0.4, -0.2) is 24.8 Å². The fourth-order valence-electron chi connectivity index (χ4n) is 1.56. The van der Waals surface area contributed by atoms with Crippen molar-refractivity contribution >= 4 is 0 Å². The molecule has 2 N–H and O–H groups in total. The van der Waals surface area contributed by atoms with Crippen LogP contribution in [0.1, 0.15) is 20.3 Å². The van der Waals surface area contributed by atoms with E-state index in [1.54, 1.807) is 0 Å². The third-order valence-corrected chi connectivity index (χ3v) is 2.58. The summed E-state index contributed by atoms with van der Waals surface area (Å²) in [6.45, 7) is 6.86. The zero-order valence-electron chi connectivity index (χ0n) is 6.85. The van der Waals surface area contributed by atoms with E-state index in [2.05, 4.69) is 19.2 Å². The summed E-state index contributed by atoms with van der Waals surface area (Å²) < 4.78 is 0. The molecule has 0 amide bonds. The topological polar surface area (TPSA) is 32.3 Å². The van der Waals surface area contributed by atoms with Crippen molar-refractivity contribution in [3.05, 3.63) is 0 Å². The second-order valence-corrected chi connectivity index (χ2v) is 3.83. The minimum absolute atomic E-state index is 0.285. The van der Waals surface area contributed by atoms with Crippen LogP contribution in [0.4, 0.5) is 0 Å². The van der Waals surface area contributed by atoms with Crippen molar-refractivity contribution in [2.24, 2.45) is 11.3 Å². The highest BCUT2D eigenvalue weighted by atomic mass is 16.3. The van der Waals surface area contributed by atoms with Crippen molar-refractivity contribution in [1.29, 1.82) is 0 Å². The Labute approximate surface area is 62.6 Å². The van der Waals surface area contributed by atoms with Gasteiger partial charge < -0.3 is 10.4 Å². The molecule has 0 aromatic rings. The van der Waals surface area contributed by atoms with E-state index in [4.69, 9.17) is 5.11 Å². The Morgan fingerprint density at radius 1 is 1.60 bits per heavy atom. The second-order valence-electron chi connectivity index (χ2n) is 3.83. The van der Waals surface area contributed by atoms with Crippen molar-refractivity contribution in [2.75, 3.05) is 19.7 Å². The van der Waals surface area contributed by atoms with Gasteiger partial charge in [-0.25, -0.2) is 0 Å². The van der Waals surface area contributed by atoms with Crippen LogP contribution in [0.3, 0.4) is 0 Å². The van der Waals surface area contributed by atoms with Crippen LogP contribution in [0.5, 0.6) is 0 Å². The van der Waals surface area contributed by atoms with E-state index in [0.717, 1.165) is 19.5 Å². The van der Waals surface area contributed by atoms with Gasteiger partial charge in [0.1, 0.15) is 0 Å². The van der Waals surface area contributed by atoms with Crippen LogP contribution < -0.4 is 5.32 Å². The molecule has 60 valence electrons. The van der Waals surface area contributed by atoms with E-state index in [1.807, 2.05) is 0 Å². The molecular weight excluding hydrogens is 126 g/mol. The lowest BCUT2D eigenvalue weighted by Gasteiger charge is -2.37. The third-order valence-electron chi connectivity index (χ3n) is 2.58. The highest BCUT2D eigenvalue weighted by Crippen LogP contribution is 2.30. The van der Waals surface area contributed by atoms with Gasteiger partial charge in [0, 0.05) is 13.2 Å². The minimum atomic E-state index is 0.285. The molecule has 1 aliphatic heterocycles. The predicted octanol–water partition coefficient (Wildman–Crippen LogP) is 0.614. The van der Waals surface area contributed by atoms with Gasteiger partial charge in [0.2, 0.25) is 0 Å². The van der Waals surface area contributed by atoms with Gasteiger partial charge >= 0.3 is 0 Å². The Hall–Kier alpha value is -0.0800. The highest BCUT2D eigenvalue weighted by molar-refractivity contribution is 4.84. The zero-order valence-corrected chi connectivity index (χ0v) is 6.85. The standard InChI is InChI=1S/C8H17NO/c1-8(2)6-9-4-3-7(8)5-10/h7,9-10H,3-6H2,1-2H3. The van der Waals surface area contributed by atoms with Gasteiger partial charge in [-0.3, -0.25) is 0 Å². The maximum atomic E-state index is 9.00. The van der Waals surface area contributed by atoms with Gasteiger partial charge in [-0.05, 0) is 24.3 Å². The Kier molecular flexibility index (Phi) is 2.32. The summed E-state index contributed by atoms with van der Waals surface area (Å²) in [7, 11) is 0. The zero-order chi connectivity index (χ0) is 7.61. The molecule has 0 aromatic carbocycles. The number of rotatable bonds is 1. The average Bonchev–Trinajstić information content (AvgIpc) is 1.87. The van der Waals surface area contributed by atoms with Gasteiger partial charge in [0.15, 0.2) is 0 Å². The molecule has 0 bridgehead atoms. The number of hydrogen-bond donors (Lipinski definition) is 2. The molecule has 10 heavy (non-hydrogen) atoms. The lowest BCUT2D eigenvalue weighted by Crippen LogP contribution is -2.44. The van der Waals surface area contributed by atoms with Crippen LogP contribution in [-0.2, 0) is 0 Å². The first-order valence-electron chi connectivity index (χ1n) is 3.98. The molecule has 2 heteroatoms. The molecule has 0 aromatic heterocycles. The van der Waals surface area contributed by atoms with Crippen molar-refractivity contribution in [1.82, 2.24) is 5.32 Å². The maximum absolute atomic E-state index is 9.00. The van der Waals surface area contributed by atoms with E-state index in [0.29, 0.717) is 12.5 Å². The van der Waals surface area contributed by atoms with E-state index < -0.39 is 0 Å². The maximum Gasteiger partial charge on any atom is 0.0465 e. The molecule has 1 unspecified atom stereocenters. The fraction of sp³-hybridized carbons (Fsp3) is 1.00. The number of aliphatic hydroxyl groups excluding tert-OH is 1. The molecule has 1 atom stereocenters. The summed E-state index contributed by atoms with van der Waals surface area (Å²) in [5, 5.41) is 12.3. The number of hydrogen-bond acceptors (Lipinski definition) is 2. The van der Waals surface area contributed by atoms with Crippen molar-refractivity contribution in [3.63, 3.8) is 0 Å². The lowest BCUT2D eigenvalue weighted by molar-refractivity contribution is 0.0859. The number of piperidine rings is 1. The first kappa shape index (κ1) is 8.02. The first-order chi connectivity index (χ1) is 4.67. The smallest absolute Gasteiger partial charge is 0.0465 e. The molecule has 0 saturated carbocycles. The summed E-state index contributed by atoms with van der Waals surface area (Å²) >= 11 is 0. The average molecular weight is 143 g/mol. The van der Waals surface area contributed by atoms with E-state index in [9.17, 15) is 0 Å². The van der Waals surface area contributed by atoms with Gasteiger partial charge in [-0.15, -0.1) is 0 Å². The summed E-state index contributed by atoms with van der Waals surface area (Å²) in [5.41, 5.74) is 0.285. The van der Waals surface area contributed by atoms with E-state index in [-0.39, 0.29) is 5.41 Å².